The average Bonchev–Trinajstić information content (AvgIpc) is 3.46. The Kier molecular flexibility index (Phi) is 6.30. The van der Waals surface area contributed by atoms with Gasteiger partial charge in [-0.1, -0.05) is 73.1 Å². The van der Waals surface area contributed by atoms with Gasteiger partial charge < -0.3 is 14.6 Å². The highest BCUT2D eigenvalue weighted by atomic mass is 32.2. The number of benzene rings is 3. The maximum absolute atomic E-state index is 12.4. The number of hydrogen-bond donors (Lipinski definition) is 1. The van der Waals surface area contributed by atoms with Crippen molar-refractivity contribution in [1.82, 2.24) is 14.9 Å². The molecule has 0 saturated heterocycles. The van der Waals surface area contributed by atoms with E-state index in [4.69, 9.17) is 9.72 Å². The molecule has 5 nitrogen and oxygen atoms in total. The first-order valence-corrected chi connectivity index (χ1v) is 12.2. The van der Waals surface area contributed by atoms with Crippen LogP contribution in [0.2, 0.25) is 0 Å². The fourth-order valence-corrected chi connectivity index (χ4v) is 5.27. The number of carbonyl (C=O) groups excluding carboxylic acids is 1. The second-order valence-electron chi connectivity index (χ2n) is 8.20. The summed E-state index contributed by atoms with van der Waals surface area (Å²) < 4.78 is 8.33. The van der Waals surface area contributed by atoms with E-state index in [2.05, 4.69) is 34.1 Å². The summed E-state index contributed by atoms with van der Waals surface area (Å²) in [6.45, 7) is 1.19. The molecule has 0 spiro atoms. The molecule has 164 valence electrons. The Morgan fingerprint density at radius 3 is 2.72 bits per heavy atom. The highest BCUT2D eigenvalue weighted by Crippen LogP contribution is 2.27. The number of carbonyl (C=O) groups is 1. The van der Waals surface area contributed by atoms with Crippen molar-refractivity contribution in [2.75, 3.05) is 12.4 Å². The van der Waals surface area contributed by atoms with Crippen LogP contribution in [0, 0.1) is 0 Å². The largest absolute Gasteiger partial charge is 0.491 e. The maximum atomic E-state index is 12.4. The van der Waals surface area contributed by atoms with E-state index in [-0.39, 0.29) is 5.91 Å². The number of rotatable bonds is 8. The smallest absolute Gasteiger partial charge is 0.230 e. The maximum Gasteiger partial charge on any atom is 0.230 e. The van der Waals surface area contributed by atoms with Crippen molar-refractivity contribution in [2.24, 2.45) is 0 Å². The summed E-state index contributed by atoms with van der Waals surface area (Å²) in [5.41, 5.74) is 2.00. The number of para-hydroxylation sites is 2. The number of ether oxygens (including phenoxy) is 1. The van der Waals surface area contributed by atoms with Crippen LogP contribution < -0.4 is 10.1 Å². The van der Waals surface area contributed by atoms with Crippen LogP contribution in [-0.2, 0) is 11.3 Å². The molecule has 1 N–H and O–H groups in total. The first-order chi connectivity index (χ1) is 15.8. The van der Waals surface area contributed by atoms with Crippen LogP contribution in [0.15, 0.2) is 71.9 Å². The topological polar surface area (TPSA) is 56.2 Å². The van der Waals surface area contributed by atoms with Gasteiger partial charge in [-0.2, -0.15) is 0 Å². The number of nitrogens with zero attached hydrogens (tertiary/aromatic N) is 2. The van der Waals surface area contributed by atoms with E-state index in [9.17, 15) is 4.79 Å². The third-order valence-corrected chi connectivity index (χ3v) is 6.97. The Labute approximate surface area is 192 Å². The van der Waals surface area contributed by atoms with Crippen LogP contribution in [0.25, 0.3) is 21.8 Å². The quantitative estimate of drug-likeness (QED) is 0.368. The molecule has 0 aliphatic heterocycles. The van der Waals surface area contributed by atoms with Crippen molar-refractivity contribution in [3.05, 3.63) is 66.7 Å². The zero-order valence-corrected chi connectivity index (χ0v) is 18.8. The fraction of sp³-hybridized carbons (Fsp3) is 0.308. The van der Waals surface area contributed by atoms with E-state index in [1.165, 1.54) is 30.0 Å². The lowest BCUT2D eigenvalue weighted by Crippen LogP contribution is -2.33. The van der Waals surface area contributed by atoms with Crippen molar-refractivity contribution < 1.29 is 9.53 Å². The summed E-state index contributed by atoms with van der Waals surface area (Å²) >= 11 is 1.50. The van der Waals surface area contributed by atoms with Crippen molar-refractivity contribution in [3.8, 4) is 5.75 Å². The van der Waals surface area contributed by atoms with Crippen LogP contribution in [0.4, 0.5) is 0 Å². The van der Waals surface area contributed by atoms with Gasteiger partial charge in [0.25, 0.3) is 0 Å². The van der Waals surface area contributed by atoms with E-state index < -0.39 is 0 Å². The summed E-state index contributed by atoms with van der Waals surface area (Å²) in [6.07, 6.45) is 4.62. The number of fused-ring (bicyclic) bond motifs is 2. The zero-order valence-electron chi connectivity index (χ0n) is 18.0. The molecule has 0 unspecified atom stereocenters. The lowest BCUT2D eigenvalue weighted by atomic mass is 10.1. The Bertz CT molecular complexity index is 1220. The van der Waals surface area contributed by atoms with E-state index in [0.29, 0.717) is 24.9 Å². The average molecular weight is 446 g/mol. The van der Waals surface area contributed by atoms with Gasteiger partial charge in [-0.15, -0.1) is 0 Å². The van der Waals surface area contributed by atoms with Gasteiger partial charge in [0.15, 0.2) is 5.16 Å². The van der Waals surface area contributed by atoms with Crippen molar-refractivity contribution in [3.63, 3.8) is 0 Å². The van der Waals surface area contributed by atoms with E-state index in [0.717, 1.165) is 40.2 Å². The SMILES string of the molecule is O=C(CSc1nc2ccccc2n1CCOc1cccc2ccccc12)NC1CCCC1. The first kappa shape index (κ1) is 20.9. The lowest BCUT2D eigenvalue weighted by Gasteiger charge is -2.13. The Morgan fingerprint density at radius 2 is 1.81 bits per heavy atom. The minimum Gasteiger partial charge on any atom is -0.491 e. The third kappa shape index (κ3) is 4.60. The number of thioether (sulfide) groups is 1. The second-order valence-corrected chi connectivity index (χ2v) is 9.14. The predicted molar refractivity (Wildman–Crippen MR) is 130 cm³/mol. The zero-order chi connectivity index (χ0) is 21.8. The molecule has 0 radical (unpaired) electrons. The van der Waals surface area contributed by atoms with Gasteiger partial charge in [-0.05, 0) is 36.4 Å². The molecule has 1 amide bonds. The van der Waals surface area contributed by atoms with Gasteiger partial charge in [-0.3, -0.25) is 4.79 Å². The molecular formula is C26H27N3O2S. The number of nitrogens with one attached hydrogen (secondary N) is 1. The molecule has 1 aliphatic carbocycles. The lowest BCUT2D eigenvalue weighted by molar-refractivity contribution is -0.119. The first-order valence-electron chi connectivity index (χ1n) is 11.3. The number of hydrogen-bond acceptors (Lipinski definition) is 4. The van der Waals surface area contributed by atoms with Gasteiger partial charge in [-0.25, -0.2) is 4.98 Å². The molecule has 1 aliphatic rings. The number of amides is 1. The molecule has 1 aromatic heterocycles. The summed E-state index contributed by atoms with van der Waals surface area (Å²) in [6, 6.07) is 22.8. The highest BCUT2D eigenvalue weighted by molar-refractivity contribution is 7.99. The third-order valence-electron chi connectivity index (χ3n) is 5.99. The van der Waals surface area contributed by atoms with Gasteiger partial charge >= 0.3 is 0 Å². The van der Waals surface area contributed by atoms with E-state index in [1.54, 1.807) is 0 Å². The van der Waals surface area contributed by atoms with Gasteiger partial charge in [0.2, 0.25) is 5.91 Å². The molecule has 1 heterocycles. The van der Waals surface area contributed by atoms with E-state index in [1.807, 2.05) is 42.5 Å². The number of imidazole rings is 1. The molecule has 5 rings (SSSR count). The second kappa shape index (κ2) is 9.65. The molecule has 3 aromatic carbocycles. The van der Waals surface area contributed by atoms with Crippen molar-refractivity contribution in [1.29, 1.82) is 0 Å². The summed E-state index contributed by atoms with van der Waals surface area (Å²) in [5, 5.41) is 6.30. The molecule has 4 aromatic rings. The van der Waals surface area contributed by atoms with Crippen molar-refractivity contribution >= 4 is 39.5 Å². The van der Waals surface area contributed by atoms with Gasteiger partial charge in [0.05, 0.1) is 23.3 Å². The van der Waals surface area contributed by atoms with Crippen LogP contribution in [0.3, 0.4) is 0 Å². The highest BCUT2D eigenvalue weighted by Gasteiger charge is 2.18. The standard InChI is InChI=1S/C26H27N3O2S/c30-25(27-20-10-2-3-11-20)18-32-26-28-22-13-5-6-14-23(22)29(26)16-17-31-24-15-7-9-19-8-1-4-12-21(19)24/h1,4-9,12-15,20H,2-3,10-11,16-18H2,(H,27,30). The van der Waals surface area contributed by atoms with Crippen LogP contribution >= 0.6 is 11.8 Å². The monoisotopic (exact) mass is 445 g/mol. The summed E-state index contributed by atoms with van der Waals surface area (Å²) in [4.78, 5) is 17.2. The molecule has 0 atom stereocenters. The predicted octanol–water partition coefficient (Wildman–Crippen LogP) is 5.42. The van der Waals surface area contributed by atoms with E-state index >= 15 is 0 Å². The summed E-state index contributed by atoms with van der Waals surface area (Å²) in [5.74, 6) is 1.36. The molecule has 32 heavy (non-hydrogen) atoms. The Morgan fingerprint density at radius 1 is 1.03 bits per heavy atom. The Hall–Kier alpha value is -2.99. The molecule has 0 bridgehead atoms. The van der Waals surface area contributed by atoms with Crippen LogP contribution in [-0.4, -0.2) is 33.9 Å². The molecular weight excluding hydrogens is 418 g/mol. The minimum absolute atomic E-state index is 0.0903. The van der Waals surface area contributed by atoms with Crippen LogP contribution in [0.5, 0.6) is 5.75 Å². The number of aromatic nitrogens is 2. The minimum atomic E-state index is 0.0903. The molecule has 1 saturated carbocycles. The molecule has 6 heteroatoms. The Balaban J connectivity index is 1.28. The molecule has 1 fully saturated rings. The van der Waals surface area contributed by atoms with Gasteiger partial charge in [0.1, 0.15) is 12.4 Å². The van der Waals surface area contributed by atoms with Gasteiger partial charge in [0, 0.05) is 11.4 Å². The fourth-order valence-electron chi connectivity index (χ4n) is 4.42. The normalized spacial score (nSPS) is 14.2. The summed E-state index contributed by atoms with van der Waals surface area (Å²) in [7, 11) is 0. The van der Waals surface area contributed by atoms with Crippen molar-refractivity contribution in [2.45, 2.75) is 43.4 Å². The van der Waals surface area contributed by atoms with Crippen LogP contribution in [0.1, 0.15) is 25.7 Å².